The van der Waals surface area contributed by atoms with Gasteiger partial charge in [-0.25, -0.2) is 4.98 Å². The molecule has 1 aliphatic rings. The molecule has 1 amide bonds. The summed E-state index contributed by atoms with van der Waals surface area (Å²) in [5.74, 6) is 0.417. The summed E-state index contributed by atoms with van der Waals surface area (Å²) in [5.41, 5.74) is 2.60. The number of amides is 1. The zero-order chi connectivity index (χ0) is 21.9. The molecule has 3 rings (SSSR count). The Morgan fingerprint density at radius 3 is 2.60 bits per heavy atom. The third kappa shape index (κ3) is 6.01. The van der Waals surface area contributed by atoms with Gasteiger partial charge in [0.25, 0.3) is 0 Å². The maximum Gasteiger partial charge on any atom is 0.573 e. The Hall–Kier alpha value is -2.97. The van der Waals surface area contributed by atoms with E-state index in [1.165, 1.54) is 24.3 Å². The van der Waals surface area contributed by atoms with Crippen molar-refractivity contribution in [2.24, 2.45) is 0 Å². The lowest BCUT2D eigenvalue weighted by atomic mass is 10.1. The second-order valence-electron chi connectivity index (χ2n) is 7.58. The molecule has 0 bridgehead atoms. The van der Waals surface area contributed by atoms with Crippen LogP contribution in [0.4, 0.5) is 24.7 Å². The van der Waals surface area contributed by atoms with E-state index in [2.05, 4.69) is 15.0 Å². The van der Waals surface area contributed by atoms with Gasteiger partial charge in [-0.1, -0.05) is 12.1 Å². The number of aryl methyl sites for hydroxylation is 1. The smallest absolute Gasteiger partial charge is 0.406 e. The van der Waals surface area contributed by atoms with Crippen molar-refractivity contribution < 1.29 is 22.7 Å². The number of alkyl halides is 3. The van der Waals surface area contributed by atoms with Gasteiger partial charge in [0.15, 0.2) is 0 Å². The number of anilines is 2. The fourth-order valence-corrected chi connectivity index (χ4v) is 3.39. The van der Waals surface area contributed by atoms with Crippen LogP contribution in [0.1, 0.15) is 17.7 Å². The van der Waals surface area contributed by atoms with E-state index < -0.39 is 6.36 Å². The largest absolute Gasteiger partial charge is 0.573 e. The third-order valence-electron chi connectivity index (χ3n) is 4.86. The van der Waals surface area contributed by atoms with Gasteiger partial charge in [-0.2, -0.15) is 0 Å². The van der Waals surface area contributed by atoms with E-state index in [0.29, 0.717) is 18.7 Å². The number of aromatic nitrogens is 1. The molecule has 1 saturated heterocycles. The quantitative estimate of drug-likeness (QED) is 0.771. The van der Waals surface area contributed by atoms with Crippen molar-refractivity contribution in [2.75, 3.05) is 37.4 Å². The minimum atomic E-state index is -4.73. The van der Waals surface area contributed by atoms with Gasteiger partial charge in [0.1, 0.15) is 11.6 Å². The number of benzene rings is 1. The average Bonchev–Trinajstić information content (AvgIpc) is 3.10. The molecule has 1 aromatic heterocycles. The van der Waals surface area contributed by atoms with Crippen molar-refractivity contribution in [3.63, 3.8) is 0 Å². The molecular weight excluding hydrogens is 397 g/mol. The summed E-state index contributed by atoms with van der Waals surface area (Å²) < 4.78 is 40.6. The SMILES string of the molecule is Cc1cc(N(C)C)cc(NC2CCN(C(=O)Cc3ccc(OC(F)(F)F)cc3)C2)n1. The molecule has 6 nitrogen and oxygen atoms in total. The van der Waals surface area contributed by atoms with Gasteiger partial charge in [-0.15, -0.1) is 13.2 Å². The highest BCUT2D eigenvalue weighted by Gasteiger charge is 2.31. The summed E-state index contributed by atoms with van der Waals surface area (Å²) in [6.07, 6.45) is -3.79. The summed E-state index contributed by atoms with van der Waals surface area (Å²) in [6.45, 7) is 3.12. The molecule has 1 fully saturated rings. The van der Waals surface area contributed by atoms with E-state index in [1.54, 1.807) is 4.90 Å². The Morgan fingerprint density at radius 1 is 1.27 bits per heavy atom. The van der Waals surface area contributed by atoms with Gasteiger partial charge in [-0.05, 0) is 37.1 Å². The van der Waals surface area contributed by atoms with Crippen LogP contribution in [0.15, 0.2) is 36.4 Å². The lowest BCUT2D eigenvalue weighted by Crippen LogP contribution is -2.32. The van der Waals surface area contributed by atoms with Crippen molar-refractivity contribution in [1.29, 1.82) is 0 Å². The van der Waals surface area contributed by atoms with Gasteiger partial charge in [-0.3, -0.25) is 4.79 Å². The molecule has 162 valence electrons. The van der Waals surface area contributed by atoms with Crippen LogP contribution in [0.5, 0.6) is 5.75 Å². The average molecular weight is 422 g/mol. The van der Waals surface area contributed by atoms with Crippen LogP contribution in [-0.2, 0) is 11.2 Å². The van der Waals surface area contributed by atoms with E-state index in [1.807, 2.05) is 38.1 Å². The Labute approximate surface area is 173 Å². The molecule has 9 heteroatoms. The Kier molecular flexibility index (Phi) is 6.38. The number of hydrogen-bond acceptors (Lipinski definition) is 5. The predicted molar refractivity (Wildman–Crippen MR) is 109 cm³/mol. The first-order valence-corrected chi connectivity index (χ1v) is 9.64. The van der Waals surface area contributed by atoms with Crippen molar-refractivity contribution in [3.05, 3.63) is 47.7 Å². The first-order valence-electron chi connectivity index (χ1n) is 9.64. The van der Waals surface area contributed by atoms with Crippen LogP contribution in [0.2, 0.25) is 0 Å². The van der Waals surface area contributed by atoms with Crippen LogP contribution in [0.25, 0.3) is 0 Å². The highest BCUT2D eigenvalue weighted by atomic mass is 19.4. The fraction of sp³-hybridized carbons (Fsp3) is 0.429. The Balaban J connectivity index is 1.54. The predicted octanol–water partition coefficient (Wildman–Crippen LogP) is 3.61. The first-order chi connectivity index (χ1) is 14.1. The zero-order valence-electron chi connectivity index (χ0n) is 17.2. The van der Waals surface area contributed by atoms with E-state index in [9.17, 15) is 18.0 Å². The number of nitrogens with one attached hydrogen (secondary N) is 1. The fourth-order valence-electron chi connectivity index (χ4n) is 3.39. The molecule has 1 unspecified atom stereocenters. The van der Waals surface area contributed by atoms with E-state index >= 15 is 0 Å². The van der Waals surface area contributed by atoms with Crippen LogP contribution < -0.4 is 15.0 Å². The molecule has 2 aromatic rings. The lowest BCUT2D eigenvalue weighted by molar-refractivity contribution is -0.274. The molecular formula is C21H25F3N4O2. The molecule has 1 aromatic carbocycles. The van der Waals surface area contributed by atoms with Crippen LogP contribution >= 0.6 is 0 Å². The second kappa shape index (κ2) is 8.81. The summed E-state index contributed by atoms with van der Waals surface area (Å²) in [6, 6.07) is 9.46. The Morgan fingerprint density at radius 2 is 1.97 bits per heavy atom. The van der Waals surface area contributed by atoms with E-state index in [0.717, 1.165) is 23.6 Å². The lowest BCUT2D eigenvalue weighted by Gasteiger charge is -2.19. The number of likely N-dealkylation sites (tertiary alicyclic amines) is 1. The van der Waals surface area contributed by atoms with Crippen molar-refractivity contribution in [2.45, 2.75) is 32.2 Å². The number of carbonyl (C=O) groups excluding carboxylic acids is 1. The topological polar surface area (TPSA) is 57.7 Å². The van der Waals surface area contributed by atoms with Crippen molar-refractivity contribution >= 4 is 17.4 Å². The van der Waals surface area contributed by atoms with Crippen LogP contribution in [0, 0.1) is 6.92 Å². The summed E-state index contributed by atoms with van der Waals surface area (Å²) in [4.78, 5) is 20.9. The maximum atomic E-state index is 12.6. The third-order valence-corrected chi connectivity index (χ3v) is 4.86. The molecule has 30 heavy (non-hydrogen) atoms. The number of carbonyl (C=O) groups is 1. The van der Waals surface area contributed by atoms with Gasteiger partial charge in [0, 0.05) is 50.7 Å². The number of halogens is 3. The monoisotopic (exact) mass is 422 g/mol. The van der Waals surface area contributed by atoms with Gasteiger partial charge in [0.05, 0.1) is 6.42 Å². The number of ether oxygens (including phenoxy) is 1. The molecule has 0 saturated carbocycles. The van der Waals surface area contributed by atoms with Crippen molar-refractivity contribution in [3.8, 4) is 5.75 Å². The van der Waals surface area contributed by atoms with Crippen LogP contribution in [0.3, 0.4) is 0 Å². The number of nitrogens with zero attached hydrogens (tertiary/aromatic N) is 3. The highest BCUT2D eigenvalue weighted by Crippen LogP contribution is 2.24. The minimum Gasteiger partial charge on any atom is -0.406 e. The van der Waals surface area contributed by atoms with Crippen LogP contribution in [-0.4, -0.2) is 55.4 Å². The van der Waals surface area contributed by atoms with Gasteiger partial charge >= 0.3 is 6.36 Å². The summed E-state index contributed by atoms with van der Waals surface area (Å²) >= 11 is 0. The number of rotatable bonds is 6. The van der Waals surface area contributed by atoms with E-state index in [4.69, 9.17) is 0 Å². The molecule has 0 radical (unpaired) electrons. The first kappa shape index (κ1) is 21.7. The Bertz CT molecular complexity index is 885. The molecule has 1 N–H and O–H groups in total. The van der Waals surface area contributed by atoms with E-state index in [-0.39, 0.29) is 24.1 Å². The molecule has 1 aliphatic heterocycles. The number of hydrogen-bond donors (Lipinski definition) is 1. The molecule has 0 aliphatic carbocycles. The standard InChI is InChI=1S/C21H25F3N4O2/c1-14-10-17(27(2)3)12-19(25-14)26-16-8-9-28(13-16)20(29)11-15-4-6-18(7-5-15)30-21(22,23)24/h4-7,10,12,16H,8-9,11,13H2,1-3H3,(H,25,26). The maximum absolute atomic E-state index is 12.6. The number of pyridine rings is 1. The second-order valence-corrected chi connectivity index (χ2v) is 7.58. The minimum absolute atomic E-state index is 0.0602. The summed E-state index contributed by atoms with van der Waals surface area (Å²) in [7, 11) is 3.94. The molecule has 2 heterocycles. The molecule has 1 atom stereocenters. The zero-order valence-corrected chi connectivity index (χ0v) is 17.2. The van der Waals surface area contributed by atoms with Gasteiger partial charge in [0.2, 0.25) is 5.91 Å². The normalized spacial score (nSPS) is 16.5. The van der Waals surface area contributed by atoms with Crippen molar-refractivity contribution in [1.82, 2.24) is 9.88 Å². The highest BCUT2D eigenvalue weighted by molar-refractivity contribution is 5.79. The van der Waals surface area contributed by atoms with Gasteiger partial charge < -0.3 is 19.9 Å². The summed E-state index contributed by atoms with van der Waals surface area (Å²) in [5, 5.41) is 3.40. The molecule has 0 spiro atoms.